The van der Waals surface area contributed by atoms with Crippen molar-refractivity contribution in [1.82, 2.24) is 9.61 Å². The van der Waals surface area contributed by atoms with Gasteiger partial charge in [-0.2, -0.15) is 5.10 Å². The highest BCUT2D eigenvalue weighted by Gasteiger charge is 2.20. The van der Waals surface area contributed by atoms with Crippen LogP contribution in [0.5, 0.6) is 0 Å². The van der Waals surface area contributed by atoms with E-state index in [-0.39, 0.29) is 23.6 Å². The molecule has 162 valence electrons. The zero-order chi connectivity index (χ0) is 22.7. The predicted molar refractivity (Wildman–Crippen MR) is 112 cm³/mol. The highest BCUT2D eigenvalue weighted by atomic mass is 19.1. The molecular formula is C23H22F2N2O4. The monoisotopic (exact) mass is 428 g/mol. The first-order chi connectivity index (χ1) is 14.7. The number of aliphatic hydroxyl groups is 1. The maximum absolute atomic E-state index is 14.6. The second-order valence-electron chi connectivity index (χ2n) is 7.53. The number of benzene rings is 1. The van der Waals surface area contributed by atoms with Crippen LogP contribution >= 0.6 is 0 Å². The largest absolute Gasteiger partial charge is 0.481 e. The Morgan fingerprint density at radius 2 is 1.97 bits per heavy atom. The van der Waals surface area contributed by atoms with E-state index in [1.165, 1.54) is 12.1 Å². The Kier molecular flexibility index (Phi) is 6.60. The highest BCUT2D eigenvalue weighted by Crippen LogP contribution is 2.34. The number of nitrogens with zero attached hydrogens (tertiary/aromatic N) is 2. The highest BCUT2D eigenvalue weighted by molar-refractivity contribution is 5.95. The second-order valence-corrected chi connectivity index (χ2v) is 7.53. The molecule has 2 N–H and O–H groups in total. The van der Waals surface area contributed by atoms with E-state index in [1.54, 1.807) is 22.9 Å². The van der Waals surface area contributed by atoms with Gasteiger partial charge in [0.05, 0.1) is 11.6 Å². The number of carboxylic acid groups (broad SMARTS) is 1. The molecule has 0 saturated heterocycles. The lowest BCUT2D eigenvalue weighted by Crippen LogP contribution is -2.14. The van der Waals surface area contributed by atoms with Gasteiger partial charge in [-0.1, -0.05) is 26.0 Å². The molecule has 0 fully saturated rings. The minimum Gasteiger partial charge on any atom is -0.481 e. The summed E-state index contributed by atoms with van der Waals surface area (Å²) in [5.41, 5.74) is 2.49. The van der Waals surface area contributed by atoms with Crippen LogP contribution < -0.4 is 0 Å². The molecule has 2 heterocycles. The van der Waals surface area contributed by atoms with Gasteiger partial charge >= 0.3 is 5.97 Å². The molecule has 2 aromatic heterocycles. The number of carbonyl (C=O) groups is 2. The minimum atomic E-state index is -1.26. The average Bonchev–Trinajstić information content (AvgIpc) is 3.12. The van der Waals surface area contributed by atoms with E-state index >= 15 is 0 Å². The zero-order valence-electron chi connectivity index (χ0n) is 17.0. The summed E-state index contributed by atoms with van der Waals surface area (Å²) in [5.74, 6) is -3.37. The third-order valence-corrected chi connectivity index (χ3v) is 4.79. The van der Waals surface area contributed by atoms with Gasteiger partial charge in [0.25, 0.3) is 0 Å². The molecule has 0 aliphatic rings. The predicted octanol–water partition coefficient (Wildman–Crippen LogP) is 4.21. The molecule has 1 atom stereocenters. The number of carbonyl (C=O) groups excluding carboxylic acids is 1. The maximum Gasteiger partial charge on any atom is 0.310 e. The molecule has 6 nitrogen and oxygen atoms in total. The van der Waals surface area contributed by atoms with Crippen LogP contribution in [-0.4, -0.2) is 37.7 Å². The summed E-state index contributed by atoms with van der Waals surface area (Å²) in [6.45, 7) is 3.91. The second kappa shape index (κ2) is 9.18. The number of aliphatic hydroxyl groups excluding tert-OH is 1. The number of carboxylic acids is 1. The number of hydrogen-bond acceptors (Lipinski definition) is 4. The Morgan fingerprint density at radius 3 is 2.61 bits per heavy atom. The third kappa shape index (κ3) is 5.03. The van der Waals surface area contributed by atoms with Crippen LogP contribution in [0.4, 0.5) is 8.78 Å². The van der Waals surface area contributed by atoms with Crippen molar-refractivity contribution >= 4 is 23.3 Å². The van der Waals surface area contributed by atoms with Crippen molar-refractivity contribution in [2.24, 2.45) is 0 Å². The van der Waals surface area contributed by atoms with Crippen LogP contribution in [0, 0.1) is 11.6 Å². The first kappa shape index (κ1) is 22.3. The first-order valence-electron chi connectivity index (χ1n) is 9.73. The Morgan fingerprint density at radius 1 is 1.23 bits per heavy atom. The quantitative estimate of drug-likeness (QED) is 0.525. The normalized spacial score (nSPS) is 12.7. The Hall–Kier alpha value is -3.39. The van der Waals surface area contributed by atoms with E-state index in [0.717, 1.165) is 23.2 Å². The van der Waals surface area contributed by atoms with Crippen molar-refractivity contribution in [3.05, 3.63) is 65.4 Å². The Balaban J connectivity index is 2.12. The van der Waals surface area contributed by atoms with Crippen molar-refractivity contribution in [3.63, 3.8) is 0 Å². The van der Waals surface area contributed by atoms with Gasteiger partial charge in [0.1, 0.15) is 29.5 Å². The smallest absolute Gasteiger partial charge is 0.310 e. The van der Waals surface area contributed by atoms with Gasteiger partial charge in [-0.05, 0) is 35.7 Å². The fourth-order valence-corrected chi connectivity index (χ4v) is 3.51. The number of hydrogen-bond donors (Lipinski definition) is 2. The van der Waals surface area contributed by atoms with Crippen LogP contribution in [0.15, 0.2) is 42.6 Å². The molecule has 31 heavy (non-hydrogen) atoms. The molecule has 3 rings (SSSR count). The lowest BCUT2D eigenvalue weighted by Gasteiger charge is -2.17. The average molecular weight is 428 g/mol. The molecule has 3 aromatic rings. The topological polar surface area (TPSA) is 91.9 Å². The third-order valence-electron chi connectivity index (χ3n) is 4.79. The first-order valence-corrected chi connectivity index (χ1v) is 9.73. The lowest BCUT2D eigenvalue weighted by molar-refractivity contribution is -0.140. The Bertz CT molecular complexity index is 1170. The standard InChI is InChI=1S/C23H22F2N2O4/c1-13(2)22-18(8-6-15(28)11-16(29)12-21(30)31)23(26-27-9-3-4-20(22)27)17-7-5-14(24)10-19(17)25/h3-10,13,15,28H,11-12H2,1-2H3,(H,30,31). The van der Waals surface area contributed by atoms with E-state index in [0.29, 0.717) is 5.56 Å². The van der Waals surface area contributed by atoms with Crippen molar-refractivity contribution in [1.29, 1.82) is 0 Å². The minimum absolute atomic E-state index is 0.00639. The van der Waals surface area contributed by atoms with Gasteiger partial charge in [0.15, 0.2) is 0 Å². The molecule has 1 unspecified atom stereocenters. The summed E-state index contributed by atoms with van der Waals surface area (Å²) in [6.07, 6.45) is 2.37. The molecular weight excluding hydrogens is 406 g/mol. The van der Waals surface area contributed by atoms with Crippen molar-refractivity contribution < 1.29 is 28.6 Å². The van der Waals surface area contributed by atoms with Gasteiger partial charge < -0.3 is 10.2 Å². The number of aromatic nitrogens is 2. The van der Waals surface area contributed by atoms with Gasteiger partial charge in [-0.3, -0.25) is 9.59 Å². The number of rotatable bonds is 8. The maximum atomic E-state index is 14.6. The fourth-order valence-electron chi connectivity index (χ4n) is 3.51. The molecule has 0 radical (unpaired) electrons. The summed E-state index contributed by atoms with van der Waals surface area (Å²) in [6, 6.07) is 6.88. The van der Waals surface area contributed by atoms with Crippen LogP contribution in [0.1, 0.15) is 43.7 Å². The van der Waals surface area contributed by atoms with E-state index < -0.39 is 35.9 Å². The van der Waals surface area contributed by atoms with E-state index in [4.69, 9.17) is 5.11 Å². The molecule has 0 saturated carbocycles. The van der Waals surface area contributed by atoms with Crippen LogP contribution in [-0.2, 0) is 9.59 Å². The van der Waals surface area contributed by atoms with Gasteiger partial charge in [-0.15, -0.1) is 0 Å². The molecule has 0 aliphatic heterocycles. The van der Waals surface area contributed by atoms with Crippen LogP contribution in [0.3, 0.4) is 0 Å². The molecule has 1 aromatic carbocycles. The van der Waals surface area contributed by atoms with Crippen molar-refractivity contribution in [2.45, 2.75) is 38.7 Å². The number of aliphatic carboxylic acids is 1. The molecule has 0 aliphatic carbocycles. The summed E-state index contributed by atoms with van der Waals surface area (Å²) in [4.78, 5) is 22.3. The summed E-state index contributed by atoms with van der Waals surface area (Å²) in [7, 11) is 0. The van der Waals surface area contributed by atoms with Crippen LogP contribution in [0.25, 0.3) is 22.9 Å². The molecule has 8 heteroatoms. The number of Topliss-reactive ketones (excluding diaryl/α,β-unsaturated/α-hetero) is 1. The van der Waals surface area contributed by atoms with E-state index in [9.17, 15) is 23.5 Å². The summed E-state index contributed by atoms with van der Waals surface area (Å²) >= 11 is 0. The number of halogens is 2. The van der Waals surface area contributed by atoms with E-state index in [1.807, 2.05) is 19.9 Å². The summed E-state index contributed by atoms with van der Waals surface area (Å²) in [5, 5.41) is 23.4. The van der Waals surface area contributed by atoms with Gasteiger partial charge in [0, 0.05) is 29.8 Å². The Labute approximate surface area is 177 Å². The zero-order valence-corrected chi connectivity index (χ0v) is 17.0. The van der Waals surface area contributed by atoms with Crippen molar-refractivity contribution in [2.75, 3.05) is 0 Å². The molecule has 0 spiro atoms. The molecule has 0 amide bonds. The molecule has 0 bridgehead atoms. The van der Waals surface area contributed by atoms with Crippen LogP contribution in [0.2, 0.25) is 0 Å². The number of fused-ring (bicyclic) bond motifs is 1. The SMILES string of the molecule is CC(C)c1c(C=CC(O)CC(=O)CC(=O)O)c(-c2ccc(F)cc2F)nn2cccc12. The van der Waals surface area contributed by atoms with E-state index in [2.05, 4.69) is 5.10 Å². The van der Waals surface area contributed by atoms with Gasteiger partial charge in [0.2, 0.25) is 0 Å². The lowest BCUT2D eigenvalue weighted by atomic mass is 9.92. The summed E-state index contributed by atoms with van der Waals surface area (Å²) < 4.78 is 29.7. The fraction of sp³-hybridized carbons (Fsp3) is 0.261. The van der Waals surface area contributed by atoms with Crippen molar-refractivity contribution in [3.8, 4) is 11.3 Å². The number of ketones is 1. The van der Waals surface area contributed by atoms with Gasteiger partial charge in [-0.25, -0.2) is 13.3 Å².